The van der Waals surface area contributed by atoms with Gasteiger partial charge in [-0.15, -0.1) is 0 Å². The molecule has 0 fully saturated rings. The normalized spacial score (nSPS) is 12.0. The highest BCUT2D eigenvalue weighted by atomic mass is 35.5. The molecule has 0 bridgehead atoms. The van der Waals surface area contributed by atoms with Crippen LogP contribution < -0.4 is 16.0 Å². The van der Waals surface area contributed by atoms with Gasteiger partial charge in [-0.25, -0.2) is 4.98 Å². The summed E-state index contributed by atoms with van der Waals surface area (Å²) >= 11 is 5.86. The third-order valence-electron chi connectivity index (χ3n) is 4.45. The number of nitrogens with one attached hydrogen (secondary N) is 3. The minimum atomic E-state index is -0.654. The standard InChI is InChI=1S/C20H24ClN7O2/c1-12(2)17(27-18(29)14-4-6-15(21)7-5-14)19(30)23-9-8-22-16-10-13(3)26-20-24-11-25-28(16)20/h4-7,10-12,17,22H,8-9H2,1-3H3,(H,23,30)(H,27,29). The van der Waals surface area contributed by atoms with Gasteiger partial charge in [0.1, 0.15) is 18.2 Å². The van der Waals surface area contributed by atoms with Gasteiger partial charge in [0.25, 0.3) is 11.7 Å². The molecule has 3 N–H and O–H groups in total. The van der Waals surface area contributed by atoms with Gasteiger partial charge in [0.2, 0.25) is 5.91 Å². The van der Waals surface area contributed by atoms with E-state index in [1.54, 1.807) is 28.8 Å². The number of hydrogen-bond acceptors (Lipinski definition) is 6. The van der Waals surface area contributed by atoms with Gasteiger partial charge in [-0.2, -0.15) is 14.6 Å². The SMILES string of the molecule is Cc1cc(NCCNC(=O)C(NC(=O)c2ccc(Cl)cc2)C(C)C)n2ncnc2n1. The average Bonchev–Trinajstić information content (AvgIpc) is 3.17. The predicted molar refractivity (Wildman–Crippen MR) is 115 cm³/mol. The van der Waals surface area contributed by atoms with E-state index in [2.05, 4.69) is 31.0 Å². The van der Waals surface area contributed by atoms with Crippen molar-refractivity contribution >= 4 is 35.0 Å². The van der Waals surface area contributed by atoms with E-state index in [0.717, 1.165) is 11.5 Å². The number of fused-ring (bicyclic) bond motifs is 1. The number of carbonyl (C=O) groups excluding carboxylic acids is 2. The van der Waals surface area contributed by atoms with Gasteiger partial charge in [0, 0.05) is 35.4 Å². The Hall–Kier alpha value is -3.20. The van der Waals surface area contributed by atoms with Crippen LogP contribution in [0.2, 0.25) is 5.02 Å². The van der Waals surface area contributed by atoms with Gasteiger partial charge in [-0.05, 0) is 37.1 Å². The highest BCUT2D eigenvalue weighted by Crippen LogP contribution is 2.11. The Morgan fingerprint density at radius 1 is 1.17 bits per heavy atom. The second kappa shape index (κ2) is 9.53. The van der Waals surface area contributed by atoms with Gasteiger partial charge < -0.3 is 16.0 Å². The van der Waals surface area contributed by atoms with Crippen LogP contribution in [0.25, 0.3) is 5.78 Å². The van der Waals surface area contributed by atoms with E-state index in [4.69, 9.17) is 11.6 Å². The molecule has 158 valence electrons. The van der Waals surface area contributed by atoms with E-state index in [1.165, 1.54) is 6.33 Å². The number of halogens is 1. The molecule has 1 aromatic carbocycles. The monoisotopic (exact) mass is 429 g/mol. The number of aryl methyl sites for hydroxylation is 1. The van der Waals surface area contributed by atoms with Crippen molar-refractivity contribution in [3.63, 3.8) is 0 Å². The smallest absolute Gasteiger partial charge is 0.254 e. The number of rotatable bonds is 8. The van der Waals surface area contributed by atoms with Crippen LogP contribution in [0.1, 0.15) is 29.9 Å². The van der Waals surface area contributed by atoms with Crippen LogP contribution in [0.15, 0.2) is 36.7 Å². The fourth-order valence-corrected chi connectivity index (χ4v) is 3.03. The van der Waals surface area contributed by atoms with E-state index in [-0.39, 0.29) is 17.7 Å². The number of aromatic nitrogens is 4. The van der Waals surface area contributed by atoms with Crippen LogP contribution in [-0.2, 0) is 4.79 Å². The van der Waals surface area contributed by atoms with Crippen molar-refractivity contribution in [2.45, 2.75) is 26.8 Å². The van der Waals surface area contributed by atoms with Crippen molar-refractivity contribution in [2.24, 2.45) is 5.92 Å². The quantitative estimate of drug-likeness (QED) is 0.472. The number of nitrogens with zero attached hydrogens (tertiary/aromatic N) is 4. The minimum absolute atomic E-state index is 0.0770. The number of amides is 2. The molecule has 1 atom stereocenters. The number of benzene rings is 1. The lowest BCUT2D eigenvalue weighted by molar-refractivity contribution is -0.123. The minimum Gasteiger partial charge on any atom is -0.368 e. The summed E-state index contributed by atoms with van der Waals surface area (Å²) in [7, 11) is 0. The van der Waals surface area contributed by atoms with E-state index < -0.39 is 6.04 Å². The van der Waals surface area contributed by atoms with E-state index in [1.807, 2.05) is 26.8 Å². The summed E-state index contributed by atoms with van der Waals surface area (Å²) in [6, 6.07) is 7.72. The van der Waals surface area contributed by atoms with Crippen LogP contribution in [0.5, 0.6) is 0 Å². The second-order valence-corrected chi connectivity index (χ2v) is 7.61. The van der Waals surface area contributed by atoms with Crippen LogP contribution >= 0.6 is 11.6 Å². The van der Waals surface area contributed by atoms with E-state index in [9.17, 15) is 9.59 Å². The lowest BCUT2D eigenvalue weighted by Crippen LogP contribution is -2.50. The van der Waals surface area contributed by atoms with Crippen molar-refractivity contribution in [2.75, 3.05) is 18.4 Å². The molecule has 0 aliphatic carbocycles. The molecular formula is C20H24ClN7O2. The molecule has 9 nitrogen and oxygen atoms in total. The summed E-state index contributed by atoms with van der Waals surface area (Å²) in [5.74, 6) is 0.601. The largest absolute Gasteiger partial charge is 0.368 e. The molecule has 2 amide bonds. The molecule has 0 saturated carbocycles. The van der Waals surface area contributed by atoms with Gasteiger partial charge in [-0.1, -0.05) is 25.4 Å². The zero-order chi connectivity index (χ0) is 21.7. The Balaban J connectivity index is 1.54. The molecule has 30 heavy (non-hydrogen) atoms. The molecule has 0 saturated heterocycles. The van der Waals surface area contributed by atoms with Crippen molar-refractivity contribution in [1.29, 1.82) is 0 Å². The molecule has 3 rings (SSSR count). The highest BCUT2D eigenvalue weighted by molar-refractivity contribution is 6.30. The molecule has 3 aromatic rings. The predicted octanol–water partition coefficient (Wildman–Crippen LogP) is 2.07. The average molecular weight is 430 g/mol. The lowest BCUT2D eigenvalue weighted by Gasteiger charge is -2.22. The third kappa shape index (κ3) is 5.24. The molecule has 0 radical (unpaired) electrons. The Labute approximate surface area is 179 Å². The van der Waals surface area contributed by atoms with Crippen LogP contribution in [-0.4, -0.2) is 50.5 Å². The maximum atomic E-state index is 12.6. The first kappa shape index (κ1) is 21.5. The topological polar surface area (TPSA) is 113 Å². The molecule has 2 aromatic heterocycles. The maximum absolute atomic E-state index is 12.6. The Morgan fingerprint density at radius 3 is 2.60 bits per heavy atom. The molecule has 0 spiro atoms. The lowest BCUT2D eigenvalue weighted by atomic mass is 10.0. The molecular weight excluding hydrogens is 406 g/mol. The molecule has 1 unspecified atom stereocenters. The van der Waals surface area contributed by atoms with E-state index >= 15 is 0 Å². The maximum Gasteiger partial charge on any atom is 0.254 e. The van der Waals surface area contributed by atoms with Gasteiger partial charge >= 0.3 is 0 Å². The summed E-state index contributed by atoms with van der Waals surface area (Å²) in [5.41, 5.74) is 1.26. The summed E-state index contributed by atoms with van der Waals surface area (Å²) in [6.45, 7) is 6.48. The fourth-order valence-electron chi connectivity index (χ4n) is 2.90. The Morgan fingerprint density at radius 2 is 1.90 bits per heavy atom. The molecule has 0 aliphatic heterocycles. The number of anilines is 1. The first-order valence-corrected chi connectivity index (χ1v) is 9.98. The van der Waals surface area contributed by atoms with Crippen LogP contribution in [0.3, 0.4) is 0 Å². The van der Waals surface area contributed by atoms with Gasteiger partial charge in [0.15, 0.2) is 0 Å². The summed E-state index contributed by atoms with van der Waals surface area (Å²) in [5, 5.41) is 13.5. The van der Waals surface area contributed by atoms with Crippen molar-refractivity contribution in [1.82, 2.24) is 30.2 Å². The number of hydrogen-bond donors (Lipinski definition) is 3. The van der Waals surface area contributed by atoms with Gasteiger partial charge in [-0.3, -0.25) is 9.59 Å². The highest BCUT2D eigenvalue weighted by Gasteiger charge is 2.24. The van der Waals surface area contributed by atoms with Crippen molar-refractivity contribution in [3.05, 3.63) is 52.9 Å². The van der Waals surface area contributed by atoms with Crippen molar-refractivity contribution < 1.29 is 9.59 Å². The van der Waals surface area contributed by atoms with Gasteiger partial charge in [0.05, 0.1) is 0 Å². The summed E-state index contributed by atoms with van der Waals surface area (Å²) in [6.07, 6.45) is 1.44. The zero-order valence-electron chi connectivity index (χ0n) is 17.0. The first-order valence-electron chi connectivity index (χ1n) is 9.60. The van der Waals surface area contributed by atoms with Crippen LogP contribution in [0.4, 0.5) is 5.82 Å². The molecule has 0 aliphatic rings. The summed E-state index contributed by atoms with van der Waals surface area (Å²) in [4.78, 5) is 33.4. The van der Waals surface area contributed by atoms with Crippen molar-refractivity contribution in [3.8, 4) is 0 Å². The number of carbonyl (C=O) groups is 2. The first-order chi connectivity index (χ1) is 14.3. The summed E-state index contributed by atoms with van der Waals surface area (Å²) < 4.78 is 1.60. The van der Waals surface area contributed by atoms with Crippen LogP contribution in [0, 0.1) is 12.8 Å². The Bertz CT molecular complexity index is 1030. The van der Waals surface area contributed by atoms with E-state index in [0.29, 0.717) is 29.5 Å². The third-order valence-corrected chi connectivity index (χ3v) is 4.70. The molecule has 10 heteroatoms. The zero-order valence-corrected chi connectivity index (χ0v) is 17.8. The molecule has 2 heterocycles. The fraction of sp³-hybridized carbons (Fsp3) is 0.350. The second-order valence-electron chi connectivity index (χ2n) is 7.17. The Kier molecular flexibility index (Phi) is 6.83.